The third kappa shape index (κ3) is 3.70. The van der Waals surface area contributed by atoms with E-state index in [1.165, 1.54) is 0 Å². The Morgan fingerprint density at radius 2 is 2.30 bits per heavy atom. The predicted octanol–water partition coefficient (Wildman–Crippen LogP) is 2.61. The summed E-state index contributed by atoms with van der Waals surface area (Å²) in [7, 11) is 0. The molecule has 0 aromatic carbocycles. The molecule has 6 heteroatoms. The Morgan fingerprint density at radius 1 is 1.43 bits per heavy atom. The number of aromatic nitrogens is 3. The van der Waals surface area contributed by atoms with E-state index >= 15 is 0 Å². The van der Waals surface area contributed by atoms with Crippen LogP contribution in [0.15, 0.2) is 30.9 Å². The van der Waals surface area contributed by atoms with Crippen LogP contribution in [0.25, 0.3) is 0 Å². The molecular weight excluding hydrogens is 292 g/mol. The fourth-order valence-electron chi connectivity index (χ4n) is 2.94. The molecule has 3 rings (SSSR count). The summed E-state index contributed by atoms with van der Waals surface area (Å²) >= 11 is 0. The number of hydrogen-bond acceptors (Lipinski definition) is 4. The number of likely N-dealkylation sites (tertiary alicyclic amines) is 1. The van der Waals surface area contributed by atoms with E-state index in [9.17, 15) is 4.79 Å². The minimum absolute atomic E-state index is 0.00274. The minimum atomic E-state index is 0.00274. The summed E-state index contributed by atoms with van der Waals surface area (Å²) in [6.45, 7) is 5.35. The number of piperidine rings is 1. The molecule has 1 fully saturated rings. The van der Waals surface area contributed by atoms with Crippen molar-refractivity contribution in [3.63, 3.8) is 0 Å². The number of imidazole rings is 1. The van der Waals surface area contributed by atoms with Crippen LogP contribution in [0.4, 0.5) is 0 Å². The molecule has 1 saturated heterocycles. The van der Waals surface area contributed by atoms with Gasteiger partial charge in [-0.15, -0.1) is 0 Å². The van der Waals surface area contributed by atoms with Gasteiger partial charge >= 0.3 is 0 Å². The molecule has 122 valence electrons. The number of pyridine rings is 1. The maximum atomic E-state index is 12.8. The van der Waals surface area contributed by atoms with Crippen molar-refractivity contribution in [2.24, 2.45) is 0 Å². The van der Waals surface area contributed by atoms with Crippen LogP contribution < -0.4 is 4.74 Å². The van der Waals surface area contributed by atoms with Crippen LogP contribution in [-0.4, -0.2) is 45.0 Å². The first-order chi connectivity index (χ1) is 11.1. The number of nitrogens with zero attached hydrogens (tertiary/aromatic N) is 3. The van der Waals surface area contributed by atoms with Gasteiger partial charge in [-0.3, -0.25) is 9.78 Å². The molecule has 1 amide bonds. The van der Waals surface area contributed by atoms with E-state index in [1.54, 1.807) is 24.7 Å². The van der Waals surface area contributed by atoms with E-state index in [2.05, 4.69) is 15.0 Å². The van der Waals surface area contributed by atoms with Gasteiger partial charge in [0.25, 0.3) is 5.91 Å². The molecule has 6 nitrogen and oxygen atoms in total. The second kappa shape index (κ2) is 6.81. The van der Waals surface area contributed by atoms with Crippen molar-refractivity contribution >= 4 is 5.91 Å². The number of amides is 1. The van der Waals surface area contributed by atoms with Gasteiger partial charge in [0.15, 0.2) is 0 Å². The predicted molar refractivity (Wildman–Crippen MR) is 86.5 cm³/mol. The summed E-state index contributed by atoms with van der Waals surface area (Å²) in [6, 6.07) is 1.77. The van der Waals surface area contributed by atoms with Crippen LogP contribution in [0, 0.1) is 0 Å². The zero-order valence-electron chi connectivity index (χ0n) is 13.5. The van der Waals surface area contributed by atoms with Gasteiger partial charge in [-0.25, -0.2) is 4.98 Å². The van der Waals surface area contributed by atoms with Gasteiger partial charge < -0.3 is 14.6 Å². The van der Waals surface area contributed by atoms with E-state index < -0.39 is 0 Å². The second-order valence-electron chi connectivity index (χ2n) is 6.14. The highest BCUT2D eigenvalue weighted by Crippen LogP contribution is 2.25. The number of nitrogens with one attached hydrogen (secondary N) is 1. The fraction of sp³-hybridized carbons (Fsp3) is 0.471. The Balaban J connectivity index is 1.72. The van der Waals surface area contributed by atoms with E-state index in [-0.39, 0.29) is 17.9 Å². The number of carbonyl (C=O) groups is 1. The van der Waals surface area contributed by atoms with E-state index in [1.807, 2.05) is 24.9 Å². The van der Waals surface area contributed by atoms with Crippen LogP contribution >= 0.6 is 0 Å². The molecule has 3 heterocycles. The van der Waals surface area contributed by atoms with Crippen LogP contribution in [0.5, 0.6) is 5.75 Å². The highest BCUT2D eigenvalue weighted by atomic mass is 16.5. The van der Waals surface area contributed by atoms with Crippen molar-refractivity contribution in [1.82, 2.24) is 19.9 Å². The largest absolute Gasteiger partial charge is 0.489 e. The van der Waals surface area contributed by atoms with Gasteiger partial charge in [-0.1, -0.05) is 0 Å². The maximum Gasteiger partial charge on any atom is 0.255 e. The molecular formula is C17H22N4O2. The molecule has 2 aromatic heterocycles. The number of ether oxygens (including phenoxy) is 1. The molecule has 1 N–H and O–H groups in total. The monoisotopic (exact) mass is 314 g/mol. The molecule has 1 aliphatic rings. The molecule has 2 aromatic rings. The van der Waals surface area contributed by atoms with Gasteiger partial charge in [-0.05, 0) is 32.8 Å². The van der Waals surface area contributed by atoms with Crippen molar-refractivity contribution in [3.8, 4) is 5.75 Å². The highest BCUT2D eigenvalue weighted by Gasteiger charge is 2.27. The van der Waals surface area contributed by atoms with Crippen molar-refractivity contribution in [1.29, 1.82) is 0 Å². The molecule has 0 bridgehead atoms. The van der Waals surface area contributed by atoms with Gasteiger partial charge in [-0.2, -0.15) is 0 Å². The third-order valence-electron chi connectivity index (χ3n) is 3.95. The molecule has 0 aliphatic carbocycles. The van der Waals surface area contributed by atoms with Gasteiger partial charge in [0.05, 0.1) is 17.9 Å². The lowest BCUT2D eigenvalue weighted by atomic mass is 9.97. The van der Waals surface area contributed by atoms with E-state index in [4.69, 9.17) is 4.74 Å². The number of aromatic amines is 1. The molecule has 0 saturated carbocycles. The first-order valence-electron chi connectivity index (χ1n) is 8.03. The highest BCUT2D eigenvalue weighted by molar-refractivity contribution is 5.94. The van der Waals surface area contributed by atoms with Gasteiger partial charge in [0.1, 0.15) is 11.6 Å². The molecule has 1 atom stereocenters. The Bertz CT molecular complexity index is 654. The number of H-pyrrole nitrogens is 1. The lowest BCUT2D eigenvalue weighted by Crippen LogP contribution is -2.39. The quantitative estimate of drug-likeness (QED) is 0.941. The van der Waals surface area contributed by atoms with Gasteiger partial charge in [0, 0.05) is 37.6 Å². The van der Waals surface area contributed by atoms with Crippen LogP contribution in [0.3, 0.4) is 0 Å². The summed E-state index contributed by atoms with van der Waals surface area (Å²) in [5, 5.41) is 0. The first kappa shape index (κ1) is 15.5. The Kier molecular flexibility index (Phi) is 4.60. The lowest BCUT2D eigenvalue weighted by Gasteiger charge is -2.32. The molecule has 0 radical (unpaired) electrons. The second-order valence-corrected chi connectivity index (χ2v) is 6.14. The first-order valence-corrected chi connectivity index (χ1v) is 8.03. The van der Waals surface area contributed by atoms with Crippen LogP contribution in [0.1, 0.15) is 48.8 Å². The van der Waals surface area contributed by atoms with Gasteiger partial charge in [0.2, 0.25) is 0 Å². The molecule has 1 aliphatic heterocycles. The molecule has 1 unspecified atom stereocenters. The number of rotatable bonds is 4. The van der Waals surface area contributed by atoms with E-state index in [0.717, 1.165) is 25.2 Å². The van der Waals surface area contributed by atoms with Crippen LogP contribution in [0.2, 0.25) is 0 Å². The Labute approximate surface area is 135 Å². The fourth-order valence-corrected chi connectivity index (χ4v) is 2.94. The SMILES string of the molecule is CC(C)Oc1cncc(C(=O)N2CCCC(c3ncc[nH]3)C2)c1. The molecule has 23 heavy (non-hydrogen) atoms. The molecule has 0 spiro atoms. The summed E-state index contributed by atoms with van der Waals surface area (Å²) in [4.78, 5) is 26.2. The third-order valence-corrected chi connectivity index (χ3v) is 3.95. The van der Waals surface area contributed by atoms with Crippen LogP contribution in [-0.2, 0) is 0 Å². The smallest absolute Gasteiger partial charge is 0.255 e. The zero-order chi connectivity index (χ0) is 16.2. The minimum Gasteiger partial charge on any atom is -0.489 e. The average molecular weight is 314 g/mol. The van der Waals surface area contributed by atoms with Crippen molar-refractivity contribution in [2.75, 3.05) is 13.1 Å². The summed E-state index contributed by atoms with van der Waals surface area (Å²) in [6.07, 6.45) is 8.91. The van der Waals surface area contributed by atoms with Crippen molar-refractivity contribution < 1.29 is 9.53 Å². The maximum absolute atomic E-state index is 12.8. The normalized spacial score (nSPS) is 18.2. The van der Waals surface area contributed by atoms with Crippen molar-refractivity contribution in [2.45, 2.75) is 38.7 Å². The Morgan fingerprint density at radius 3 is 3.04 bits per heavy atom. The van der Waals surface area contributed by atoms with E-state index in [0.29, 0.717) is 17.9 Å². The van der Waals surface area contributed by atoms with Crippen molar-refractivity contribution in [3.05, 3.63) is 42.2 Å². The summed E-state index contributed by atoms with van der Waals surface area (Å²) in [5.74, 6) is 1.86. The topological polar surface area (TPSA) is 71.1 Å². The number of hydrogen-bond donors (Lipinski definition) is 1. The zero-order valence-corrected chi connectivity index (χ0v) is 13.5. The lowest BCUT2D eigenvalue weighted by molar-refractivity contribution is 0.0703. The average Bonchev–Trinajstić information content (AvgIpc) is 3.08. The Hall–Kier alpha value is -2.37. The standard InChI is InChI=1S/C17H22N4O2/c1-12(2)23-15-8-14(9-18-10-15)17(22)21-7-3-4-13(11-21)16-19-5-6-20-16/h5-6,8-10,12-13H,3-4,7,11H2,1-2H3,(H,19,20). The summed E-state index contributed by atoms with van der Waals surface area (Å²) in [5.41, 5.74) is 0.572. The number of carbonyl (C=O) groups excluding carboxylic acids is 1. The summed E-state index contributed by atoms with van der Waals surface area (Å²) < 4.78 is 5.62.